The van der Waals surface area contributed by atoms with E-state index in [9.17, 15) is 10.1 Å². The summed E-state index contributed by atoms with van der Waals surface area (Å²) in [6.45, 7) is 0. The van der Waals surface area contributed by atoms with Crippen LogP contribution in [0.25, 0.3) is 0 Å². The average molecular weight is 330 g/mol. The van der Waals surface area contributed by atoms with Gasteiger partial charge in [-0.2, -0.15) is 0 Å². The van der Waals surface area contributed by atoms with Crippen molar-refractivity contribution < 1.29 is 9.66 Å². The highest BCUT2D eigenvalue weighted by Crippen LogP contribution is 2.55. The topological polar surface area (TPSA) is 52.4 Å². The van der Waals surface area contributed by atoms with Crippen LogP contribution < -0.4 is 4.74 Å². The summed E-state index contributed by atoms with van der Waals surface area (Å²) in [6.07, 6.45) is 6.79. The summed E-state index contributed by atoms with van der Waals surface area (Å²) < 4.78 is 6.04. The number of benzene rings is 1. The Hall–Kier alpha value is -1.00. The highest BCUT2D eigenvalue weighted by Gasteiger charge is 2.55. The zero-order valence-corrected chi connectivity index (χ0v) is 13.1. The number of ether oxygens (including phenoxy) is 1. The van der Waals surface area contributed by atoms with Crippen molar-refractivity contribution >= 4 is 28.9 Å². The van der Waals surface area contributed by atoms with Crippen molar-refractivity contribution in [3.8, 4) is 5.75 Å². The Morgan fingerprint density at radius 3 is 2.57 bits per heavy atom. The van der Waals surface area contributed by atoms with E-state index in [4.69, 9.17) is 27.9 Å². The summed E-state index contributed by atoms with van der Waals surface area (Å²) in [5.41, 5.74) is -0.0196. The fraction of sp³-hybridized carbons (Fsp3) is 0.600. The molecule has 0 bridgehead atoms. The van der Waals surface area contributed by atoms with E-state index in [0.29, 0.717) is 5.75 Å². The number of halogens is 2. The van der Waals surface area contributed by atoms with E-state index >= 15 is 0 Å². The number of alkyl halides is 1. The molecule has 6 heteroatoms. The van der Waals surface area contributed by atoms with Gasteiger partial charge in [0, 0.05) is 29.3 Å². The van der Waals surface area contributed by atoms with Crippen LogP contribution in [0.2, 0.25) is 5.02 Å². The molecular weight excluding hydrogens is 313 g/mol. The second kappa shape index (κ2) is 5.65. The van der Waals surface area contributed by atoms with Gasteiger partial charge in [-0.05, 0) is 18.9 Å². The lowest BCUT2D eigenvalue weighted by Crippen LogP contribution is -2.58. The quantitative estimate of drug-likeness (QED) is 0.447. The second-order valence-corrected chi connectivity index (χ2v) is 6.91. The van der Waals surface area contributed by atoms with Crippen LogP contribution in [0.1, 0.15) is 38.5 Å². The van der Waals surface area contributed by atoms with Crippen LogP contribution in [-0.4, -0.2) is 16.4 Å². The Morgan fingerprint density at radius 2 is 2.00 bits per heavy atom. The molecule has 21 heavy (non-hydrogen) atoms. The standard InChI is InChI=1S/C15H17Cl2NO3/c16-11-8-10(4-5-12(11)18(19)20)21-14-9-13(17)15(14)6-2-1-3-7-15/h4-5,8,13-14H,1-3,6-7,9H2. The van der Waals surface area contributed by atoms with Crippen LogP contribution in [-0.2, 0) is 0 Å². The van der Waals surface area contributed by atoms with Crippen LogP contribution in [0.15, 0.2) is 18.2 Å². The van der Waals surface area contributed by atoms with Crippen molar-refractivity contribution in [2.24, 2.45) is 5.41 Å². The third-order valence-electron chi connectivity index (χ3n) is 4.86. The fourth-order valence-corrected chi connectivity index (χ4v) is 4.34. The van der Waals surface area contributed by atoms with Gasteiger partial charge in [0.1, 0.15) is 16.9 Å². The minimum absolute atomic E-state index is 0.0774. The molecule has 2 aliphatic carbocycles. The van der Waals surface area contributed by atoms with E-state index in [1.807, 2.05) is 0 Å². The molecule has 1 spiro atoms. The van der Waals surface area contributed by atoms with Crippen molar-refractivity contribution in [3.05, 3.63) is 33.3 Å². The smallest absolute Gasteiger partial charge is 0.288 e. The summed E-state index contributed by atoms with van der Waals surface area (Å²) in [4.78, 5) is 10.3. The normalized spacial score (nSPS) is 27.1. The van der Waals surface area contributed by atoms with Gasteiger partial charge < -0.3 is 4.74 Å². The number of rotatable bonds is 3. The zero-order valence-electron chi connectivity index (χ0n) is 11.6. The molecule has 114 valence electrons. The van der Waals surface area contributed by atoms with Gasteiger partial charge in [-0.25, -0.2) is 0 Å². The molecule has 2 saturated carbocycles. The Balaban J connectivity index is 1.75. The third kappa shape index (κ3) is 2.59. The highest BCUT2D eigenvalue weighted by atomic mass is 35.5. The molecule has 0 aromatic heterocycles. The summed E-state index contributed by atoms with van der Waals surface area (Å²) in [5, 5.41) is 11.1. The lowest BCUT2D eigenvalue weighted by molar-refractivity contribution is -0.384. The van der Waals surface area contributed by atoms with E-state index in [-0.39, 0.29) is 27.6 Å². The summed E-state index contributed by atoms with van der Waals surface area (Å²) in [6, 6.07) is 4.53. The first kappa shape index (κ1) is 14.9. The molecule has 0 aliphatic heterocycles. The van der Waals surface area contributed by atoms with E-state index in [2.05, 4.69) is 0 Å². The molecule has 2 atom stereocenters. The molecule has 1 aromatic rings. The van der Waals surface area contributed by atoms with E-state index in [1.165, 1.54) is 31.4 Å². The van der Waals surface area contributed by atoms with Crippen LogP contribution in [0.3, 0.4) is 0 Å². The van der Waals surface area contributed by atoms with Gasteiger partial charge in [0.15, 0.2) is 0 Å². The van der Waals surface area contributed by atoms with Crippen molar-refractivity contribution in [1.82, 2.24) is 0 Å². The SMILES string of the molecule is O=[N+]([O-])c1ccc(OC2CC(Cl)C23CCCCC3)cc1Cl. The predicted octanol–water partition coefficient (Wildman–Crippen LogP) is 4.96. The van der Waals surface area contributed by atoms with Gasteiger partial charge in [0.2, 0.25) is 0 Å². The van der Waals surface area contributed by atoms with E-state index in [1.54, 1.807) is 6.07 Å². The van der Waals surface area contributed by atoms with Gasteiger partial charge in [-0.1, -0.05) is 30.9 Å². The largest absolute Gasteiger partial charge is 0.490 e. The molecule has 2 fully saturated rings. The highest BCUT2D eigenvalue weighted by molar-refractivity contribution is 6.32. The van der Waals surface area contributed by atoms with Crippen molar-refractivity contribution in [3.63, 3.8) is 0 Å². The van der Waals surface area contributed by atoms with Crippen LogP contribution in [0.4, 0.5) is 5.69 Å². The Kier molecular flexibility index (Phi) is 4.02. The molecular formula is C15H17Cl2NO3. The summed E-state index contributed by atoms with van der Waals surface area (Å²) in [5.74, 6) is 0.587. The lowest BCUT2D eigenvalue weighted by Gasteiger charge is -2.55. The molecule has 0 amide bonds. The minimum Gasteiger partial charge on any atom is -0.490 e. The molecule has 0 heterocycles. The average Bonchev–Trinajstić information content (AvgIpc) is 2.47. The van der Waals surface area contributed by atoms with Crippen LogP contribution in [0, 0.1) is 15.5 Å². The first-order chi connectivity index (χ1) is 10.0. The summed E-state index contributed by atoms with van der Waals surface area (Å²) in [7, 11) is 0. The molecule has 0 N–H and O–H groups in total. The molecule has 0 radical (unpaired) electrons. The number of hydrogen-bond donors (Lipinski definition) is 0. The van der Waals surface area contributed by atoms with Gasteiger partial charge >= 0.3 is 0 Å². The number of nitro benzene ring substituents is 1. The first-order valence-electron chi connectivity index (χ1n) is 7.27. The third-order valence-corrected chi connectivity index (χ3v) is 5.78. The summed E-state index contributed by atoms with van der Waals surface area (Å²) >= 11 is 12.4. The van der Waals surface area contributed by atoms with Gasteiger partial charge in [-0.15, -0.1) is 11.6 Å². The minimum atomic E-state index is -0.493. The molecule has 0 saturated heterocycles. The maximum absolute atomic E-state index is 10.8. The Labute approximate surface area is 133 Å². The Bertz CT molecular complexity index is 558. The maximum atomic E-state index is 10.8. The van der Waals surface area contributed by atoms with Crippen LogP contribution >= 0.6 is 23.2 Å². The van der Waals surface area contributed by atoms with Crippen molar-refractivity contribution in [2.75, 3.05) is 0 Å². The van der Waals surface area contributed by atoms with Gasteiger partial charge in [0.25, 0.3) is 5.69 Å². The Morgan fingerprint density at radius 1 is 1.29 bits per heavy atom. The molecule has 3 rings (SSSR count). The van der Waals surface area contributed by atoms with Gasteiger partial charge in [-0.3, -0.25) is 10.1 Å². The van der Waals surface area contributed by atoms with E-state index in [0.717, 1.165) is 19.3 Å². The molecule has 2 unspecified atom stereocenters. The monoisotopic (exact) mass is 329 g/mol. The number of nitrogens with zero attached hydrogens (tertiary/aromatic N) is 1. The lowest BCUT2D eigenvalue weighted by atomic mass is 9.58. The first-order valence-corrected chi connectivity index (χ1v) is 8.09. The fourth-order valence-electron chi connectivity index (χ4n) is 3.58. The predicted molar refractivity (Wildman–Crippen MR) is 82.3 cm³/mol. The zero-order chi connectivity index (χ0) is 15.0. The van der Waals surface area contributed by atoms with Gasteiger partial charge in [0.05, 0.1) is 4.92 Å². The van der Waals surface area contributed by atoms with Crippen molar-refractivity contribution in [1.29, 1.82) is 0 Å². The number of nitro groups is 1. The van der Waals surface area contributed by atoms with Crippen molar-refractivity contribution in [2.45, 2.75) is 50.0 Å². The molecule has 1 aromatic carbocycles. The second-order valence-electron chi connectivity index (χ2n) is 5.97. The maximum Gasteiger partial charge on any atom is 0.288 e. The van der Waals surface area contributed by atoms with Crippen LogP contribution in [0.5, 0.6) is 5.75 Å². The van der Waals surface area contributed by atoms with E-state index < -0.39 is 4.92 Å². The molecule has 4 nitrogen and oxygen atoms in total. The number of hydrogen-bond acceptors (Lipinski definition) is 3. The molecule has 2 aliphatic rings.